The van der Waals surface area contributed by atoms with E-state index in [1.165, 1.54) is 0 Å². The van der Waals surface area contributed by atoms with Crippen LogP contribution in [0.2, 0.25) is 0 Å². The van der Waals surface area contributed by atoms with Gasteiger partial charge in [0, 0.05) is 29.4 Å². The Labute approximate surface area is 138 Å². The Morgan fingerprint density at radius 3 is 2.87 bits per heavy atom. The van der Waals surface area contributed by atoms with Crippen LogP contribution in [0.5, 0.6) is 5.75 Å². The van der Waals surface area contributed by atoms with Crippen LogP contribution in [0.3, 0.4) is 0 Å². The summed E-state index contributed by atoms with van der Waals surface area (Å²) in [4.78, 5) is 17.7. The molecular weight excluding hydrogens is 308 g/mol. The molecule has 0 aliphatic heterocycles. The van der Waals surface area contributed by atoms with Gasteiger partial charge in [0.2, 0.25) is 0 Å². The Kier molecular flexibility index (Phi) is 4.68. The monoisotopic (exact) mass is 324 g/mol. The number of methoxy groups -OCH3 is 1. The molecular formula is C18H16N2O2S. The number of pyridine rings is 1. The van der Waals surface area contributed by atoms with Crippen LogP contribution in [-0.2, 0) is 6.54 Å². The van der Waals surface area contributed by atoms with Gasteiger partial charge in [-0.05, 0) is 35.2 Å². The molecule has 2 aromatic heterocycles. The molecule has 2 heterocycles. The zero-order chi connectivity index (χ0) is 16.1. The van der Waals surface area contributed by atoms with Crippen LogP contribution in [0, 0.1) is 0 Å². The molecule has 1 aromatic carbocycles. The summed E-state index contributed by atoms with van der Waals surface area (Å²) >= 11 is 1.67. The van der Waals surface area contributed by atoms with Crippen LogP contribution in [-0.4, -0.2) is 18.0 Å². The summed E-state index contributed by atoms with van der Waals surface area (Å²) in [6.07, 6.45) is 3.59. The minimum atomic E-state index is -0.163. The van der Waals surface area contributed by atoms with Crippen LogP contribution in [0.4, 0.5) is 0 Å². The van der Waals surface area contributed by atoms with Crippen molar-refractivity contribution < 1.29 is 9.53 Å². The second kappa shape index (κ2) is 7.07. The van der Waals surface area contributed by atoms with Gasteiger partial charge in [-0.25, -0.2) is 0 Å². The Balaban J connectivity index is 1.71. The van der Waals surface area contributed by atoms with Crippen molar-refractivity contribution in [1.29, 1.82) is 0 Å². The standard InChI is InChI=1S/C18H16N2O2S/c1-22-16-6-3-2-5-15(16)18(21)20-11-13-9-14(12-19-10-13)17-7-4-8-23-17/h2-10,12H,11H2,1H3,(H,20,21). The van der Waals surface area contributed by atoms with E-state index in [0.717, 1.165) is 16.0 Å². The van der Waals surface area contributed by atoms with Crippen molar-refractivity contribution in [2.24, 2.45) is 0 Å². The lowest BCUT2D eigenvalue weighted by Gasteiger charge is -2.09. The molecule has 4 nitrogen and oxygen atoms in total. The molecule has 0 saturated heterocycles. The van der Waals surface area contributed by atoms with Gasteiger partial charge in [-0.1, -0.05) is 18.2 Å². The van der Waals surface area contributed by atoms with Gasteiger partial charge >= 0.3 is 0 Å². The topological polar surface area (TPSA) is 51.2 Å². The molecule has 0 unspecified atom stereocenters. The Morgan fingerprint density at radius 2 is 2.09 bits per heavy atom. The van der Waals surface area contributed by atoms with E-state index in [1.54, 1.807) is 36.8 Å². The van der Waals surface area contributed by atoms with Gasteiger partial charge in [0.05, 0.1) is 12.7 Å². The first-order valence-corrected chi connectivity index (χ1v) is 8.05. The molecule has 0 radical (unpaired) electrons. The number of ether oxygens (including phenoxy) is 1. The number of nitrogens with one attached hydrogen (secondary N) is 1. The van der Waals surface area contributed by atoms with Crippen LogP contribution >= 0.6 is 11.3 Å². The van der Waals surface area contributed by atoms with E-state index < -0.39 is 0 Å². The molecule has 0 atom stereocenters. The summed E-state index contributed by atoms with van der Waals surface area (Å²) in [6, 6.07) is 13.3. The number of aromatic nitrogens is 1. The lowest BCUT2D eigenvalue weighted by Crippen LogP contribution is -2.23. The predicted octanol–water partition coefficient (Wildman–Crippen LogP) is 3.75. The zero-order valence-electron chi connectivity index (χ0n) is 12.7. The Hall–Kier alpha value is -2.66. The third-order valence-corrected chi connectivity index (χ3v) is 4.32. The fourth-order valence-electron chi connectivity index (χ4n) is 2.27. The molecule has 0 saturated carbocycles. The van der Waals surface area contributed by atoms with Gasteiger partial charge < -0.3 is 10.1 Å². The van der Waals surface area contributed by atoms with E-state index in [-0.39, 0.29) is 5.91 Å². The third-order valence-electron chi connectivity index (χ3n) is 3.41. The first-order valence-electron chi connectivity index (χ1n) is 7.17. The number of hydrogen-bond acceptors (Lipinski definition) is 4. The van der Waals surface area contributed by atoms with Gasteiger partial charge in [-0.15, -0.1) is 11.3 Å². The maximum atomic E-state index is 12.3. The van der Waals surface area contributed by atoms with E-state index in [9.17, 15) is 4.79 Å². The summed E-state index contributed by atoms with van der Waals surface area (Å²) in [7, 11) is 1.56. The highest BCUT2D eigenvalue weighted by atomic mass is 32.1. The van der Waals surface area contributed by atoms with Crippen molar-refractivity contribution in [3.63, 3.8) is 0 Å². The number of rotatable bonds is 5. The van der Waals surface area contributed by atoms with Crippen molar-refractivity contribution >= 4 is 17.2 Å². The van der Waals surface area contributed by atoms with Gasteiger partial charge in [-0.2, -0.15) is 0 Å². The van der Waals surface area contributed by atoms with Gasteiger partial charge in [0.1, 0.15) is 5.75 Å². The third kappa shape index (κ3) is 3.57. The number of thiophene rings is 1. The molecule has 1 amide bonds. The first kappa shape index (κ1) is 15.2. The van der Waals surface area contributed by atoms with Crippen LogP contribution in [0.1, 0.15) is 15.9 Å². The summed E-state index contributed by atoms with van der Waals surface area (Å²) in [5.74, 6) is 0.402. The summed E-state index contributed by atoms with van der Waals surface area (Å²) in [6.45, 7) is 0.420. The maximum absolute atomic E-state index is 12.3. The predicted molar refractivity (Wildman–Crippen MR) is 91.7 cm³/mol. The number of para-hydroxylation sites is 1. The van der Waals surface area contributed by atoms with E-state index in [2.05, 4.69) is 16.4 Å². The molecule has 3 aromatic rings. The van der Waals surface area contributed by atoms with Crippen molar-refractivity contribution in [3.05, 3.63) is 71.4 Å². The van der Waals surface area contributed by atoms with Crippen LogP contribution in [0.25, 0.3) is 10.4 Å². The molecule has 0 spiro atoms. The Bertz CT molecular complexity index is 800. The number of nitrogens with zero attached hydrogens (tertiary/aromatic N) is 1. The normalized spacial score (nSPS) is 10.3. The summed E-state index contributed by atoms with van der Waals surface area (Å²) in [5, 5.41) is 4.94. The highest BCUT2D eigenvalue weighted by Crippen LogP contribution is 2.24. The first-order chi connectivity index (χ1) is 11.3. The molecule has 5 heteroatoms. The number of hydrogen-bond donors (Lipinski definition) is 1. The fourth-order valence-corrected chi connectivity index (χ4v) is 2.98. The molecule has 3 rings (SSSR count). The molecule has 116 valence electrons. The smallest absolute Gasteiger partial charge is 0.255 e. The summed E-state index contributed by atoms with van der Waals surface area (Å²) < 4.78 is 5.21. The molecule has 0 aliphatic rings. The van der Waals surface area contributed by atoms with Crippen molar-refractivity contribution in [2.75, 3.05) is 7.11 Å². The largest absolute Gasteiger partial charge is 0.496 e. The minimum Gasteiger partial charge on any atom is -0.496 e. The maximum Gasteiger partial charge on any atom is 0.255 e. The molecule has 0 bridgehead atoms. The van der Waals surface area contributed by atoms with E-state index in [0.29, 0.717) is 17.9 Å². The molecule has 23 heavy (non-hydrogen) atoms. The molecule has 1 N–H and O–H groups in total. The average molecular weight is 324 g/mol. The van der Waals surface area contributed by atoms with Gasteiger partial charge in [0.15, 0.2) is 0 Å². The SMILES string of the molecule is COc1ccccc1C(=O)NCc1cncc(-c2cccs2)c1. The lowest BCUT2D eigenvalue weighted by molar-refractivity contribution is 0.0948. The zero-order valence-corrected chi connectivity index (χ0v) is 13.5. The molecule has 0 aliphatic carbocycles. The van der Waals surface area contributed by atoms with Crippen molar-refractivity contribution in [3.8, 4) is 16.2 Å². The lowest BCUT2D eigenvalue weighted by atomic mass is 10.1. The van der Waals surface area contributed by atoms with Gasteiger partial charge in [-0.3, -0.25) is 9.78 Å². The van der Waals surface area contributed by atoms with E-state index in [1.807, 2.05) is 35.8 Å². The Morgan fingerprint density at radius 1 is 1.22 bits per heavy atom. The highest BCUT2D eigenvalue weighted by Gasteiger charge is 2.11. The second-order valence-corrected chi connectivity index (χ2v) is 5.89. The van der Waals surface area contributed by atoms with Crippen LogP contribution in [0.15, 0.2) is 60.2 Å². The van der Waals surface area contributed by atoms with E-state index in [4.69, 9.17) is 4.74 Å². The molecule has 0 fully saturated rings. The number of carbonyl (C=O) groups excluding carboxylic acids is 1. The number of amides is 1. The fraction of sp³-hybridized carbons (Fsp3) is 0.111. The van der Waals surface area contributed by atoms with Crippen molar-refractivity contribution in [1.82, 2.24) is 10.3 Å². The second-order valence-electron chi connectivity index (χ2n) is 4.94. The number of benzene rings is 1. The van der Waals surface area contributed by atoms with Gasteiger partial charge in [0.25, 0.3) is 5.91 Å². The highest BCUT2D eigenvalue weighted by molar-refractivity contribution is 7.13. The summed E-state index contributed by atoms with van der Waals surface area (Å²) in [5.41, 5.74) is 2.54. The quantitative estimate of drug-likeness (QED) is 0.777. The van der Waals surface area contributed by atoms with Crippen LogP contribution < -0.4 is 10.1 Å². The van der Waals surface area contributed by atoms with E-state index >= 15 is 0 Å². The average Bonchev–Trinajstić information content (AvgIpc) is 3.14. The number of carbonyl (C=O) groups is 1. The minimum absolute atomic E-state index is 0.163. The van der Waals surface area contributed by atoms with Crippen molar-refractivity contribution in [2.45, 2.75) is 6.54 Å².